The first-order valence-electron chi connectivity index (χ1n) is 6.73. The van der Waals surface area contributed by atoms with E-state index in [-0.39, 0.29) is 11.7 Å². The van der Waals surface area contributed by atoms with E-state index in [0.29, 0.717) is 22.0 Å². The van der Waals surface area contributed by atoms with E-state index in [0.717, 1.165) is 10.9 Å². The van der Waals surface area contributed by atoms with Crippen LogP contribution in [-0.2, 0) is 0 Å². The molecule has 1 heterocycles. The van der Waals surface area contributed by atoms with Crippen LogP contribution in [0.4, 0.5) is 5.69 Å². The van der Waals surface area contributed by atoms with Crippen molar-refractivity contribution in [1.29, 1.82) is 0 Å². The van der Waals surface area contributed by atoms with E-state index in [9.17, 15) is 4.79 Å². The van der Waals surface area contributed by atoms with Crippen molar-refractivity contribution in [3.8, 4) is 5.75 Å². The first-order valence-corrected chi connectivity index (χ1v) is 7.11. The number of halogens is 1. The second-order valence-electron chi connectivity index (χ2n) is 4.85. The fraction of sp³-hybridized carbons (Fsp3) is 0.118. The van der Waals surface area contributed by atoms with Gasteiger partial charge in [-0.15, -0.1) is 0 Å². The highest BCUT2D eigenvalue weighted by molar-refractivity contribution is 6.34. The number of hydrogen-bond donors (Lipinski definition) is 1. The van der Waals surface area contributed by atoms with E-state index >= 15 is 0 Å². The monoisotopic (exact) mass is 315 g/mol. The predicted octanol–water partition coefficient (Wildman–Crippen LogP) is 4.66. The average Bonchev–Trinajstić information content (AvgIpc) is 2.87. The lowest BCUT2D eigenvalue weighted by Crippen LogP contribution is -2.12. The highest BCUT2D eigenvalue weighted by atomic mass is 35.5. The maximum absolute atomic E-state index is 12.4. The topological polar surface area (TPSA) is 51.5 Å². The molecule has 0 saturated heterocycles. The number of para-hydroxylation sites is 1. The van der Waals surface area contributed by atoms with Crippen molar-refractivity contribution in [1.82, 2.24) is 0 Å². The minimum Gasteiger partial charge on any atom is -0.497 e. The van der Waals surface area contributed by atoms with Crippen molar-refractivity contribution in [2.45, 2.75) is 6.92 Å². The van der Waals surface area contributed by atoms with Crippen LogP contribution in [-0.4, -0.2) is 13.0 Å². The number of fused-ring (bicyclic) bond motifs is 1. The molecule has 0 radical (unpaired) electrons. The Hall–Kier alpha value is -2.46. The molecule has 0 aliphatic carbocycles. The van der Waals surface area contributed by atoms with Gasteiger partial charge < -0.3 is 14.5 Å². The molecule has 22 heavy (non-hydrogen) atoms. The van der Waals surface area contributed by atoms with Gasteiger partial charge in [0.25, 0.3) is 5.91 Å². The Labute approximate surface area is 132 Å². The lowest BCUT2D eigenvalue weighted by Gasteiger charge is -2.07. The summed E-state index contributed by atoms with van der Waals surface area (Å²) in [5.41, 5.74) is 2.00. The van der Waals surface area contributed by atoms with Gasteiger partial charge in [-0.05, 0) is 25.1 Å². The second-order valence-corrected chi connectivity index (χ2v) is 5.26. The molecule has 0 bridgehead atoms. The SMILES string of the molecule is COc1ccc(NC(=O)c2oc3ccccc3c2C)c(Cl)c1. The number of carbonyl (C=O) groups excluding carboxylic acids is 1. The lowest BCUT2D eigenvalue weighted by atomic mass is 10.1. The summed E-state index contributed by atoms with van der Waals surface area (Å²) in [4.78, 5) is 12.4. The number of anilines is 1. The smallest absolute Gasteiger partial charge is 0.291 e. The van der Waals surface area contributed by atoms with Crippen LogP contribution in [0.15, 0.2) is 46.9 Å². The minimum atomic E-state index is -0.333. The van der Waals surface area contributed by atoms with E-state index in [1.165, 1.54) is 0 Å². The number of nitrogens with one attached hydrogen (secondary N) is 1. The van der Waals surface area contributed by atoms with Crippen molar-refractivity contribution in [3.63, 3.8) is 0 Å². The molecule has 0 saturated carbocycles. The predicted molar refractivity (Wildman–Crippen MR) is 86.9 cm³/mol. The maximum Gasteiger partial charge on any atom is 0.291 e. The molecule has 3 aromatic rings. The van der Waals surface area contributed by atoms with Gasteiger partial charge in [-0.25, -0.2) is 0 Å². The summed E-state index contributed by atoms with van der Waals surface area (Å²) in [6.45, 7) is 1.86. The first kappa shape index (κ1) is 14.5. The van der Waals surface area contributed by atoms with Crippen molar-refractivity contribution in [2.75, 3.05) is 12.4 Å². The van der Waals surface area contributed by atoms with E-state index in [1.807, 2.05) is 31.2 Å². The molecule has 1 N–H and O–H groups in total. The Bertz CT molecular complexity index is 854. The van der Waals surface area contributed by atoms with Gasteiger partial charge in [0.2, 0.25) is 0 Å². The van der Waals surface area contributed by atoms with E-state index in [1.54, 1.807) is 25.3 Å². The molecule has 112 valence electrons. The third-order valence-corrected chi connectivity index (χ3v) is 3.79. The highest BCUT2D eigenvalue weighted by Crippen LogP contribution is 2.29. The molecular formula is C17H14ClNO3. The zero-order valence-electron chi connectivity index (χ0n) is 12.1. The number of benzene rings is 2. The van der Waals surface area contributed by atoms with Gasteiger partial charge in [0.05, 0.1) is 17.8 Å². The fourth-order valence-electron chi connectivity index (χ4n) is 2.29. The van der Waals surface area contributed by atoms with Gasteiger partial charge in [-0.3, -0.25) is 4.79 Å². The van der Waals surface area contributed by atoms with Crippen LogP contribution < -0.4 is 10.1 Å². The van der Waals surface area contributed by atoms with Crippen LogP contribution >= 0.6 is 11.6 Å². The van der Waals surface area contributed by atoms with Crippen molar-refractivity contribution >= 4 is 34.2 Å². The summed E-state index contributed by atoms with van der Waals surface area (Å²) in [7, 11) is 1.56. The van der Waals surface area contributed by atoms with E-state index in [2.05, 4.69) is 5.32 Å². The molecule has 0 unspecified atom stereocenters. The number of aryl methyl sites for hydroxylation is 1. The Morgan fingerprint density at radius 2 is 2.00 bits per heavy atom. The van der Waals surface area contributed by atoms with Crippen LogP contribution in [0.1, 0.15) is 16.1 Å². The minimum absolute atomic E-state index is 0.285. The van der Waals surface area contributed by atoms with E-state index in [4.69, 9.17) is 20.8 Å². The largest absolute Gasteiger partial charge is 0.497 e. The van der Waals surface area contributed by atoms with Crippen molar-refractivity contribution in [3.05, 3.63) is 58.8 Å². The third kappa shape index (κ3) is 2.53. The maximum atomic E-state index is 12.4. The van der Waals surface area contributed by atoms with Crippen LogP contribution in [0.25, 0.3) is 11.0 Å². The molecular weight excluding hydrogens is 302 g/mol. The molecule has 5 heteroatoms. The van der Waals surface area contributed by atoms with Gasteiger partial charge in [-0.1, -0.05) is 29.8 Å². The number of rotatable bonds is 3. The normalized spacial score (nSPS) is 10.7. The number of carbonyl (C=O) groups is 1. The zero-order valence-corrected chi connectivity index (χ0v) is 12.9. The molecule has 0 aliphatic heterocycles. The van der Waals surface area contributed by atoms with Crippen LogP contribution in [0.5, 0.6) is 5.75 Å². The number of ether oxygens (including phenoxy) is 1. The molecule has 2 aromatic carbocycles. The van der Waals surface area contributed by atoms with Crippen molar-refractivity contribution in [2.24, 2.45) is 0 Å². The van der Waals surface area contributed by atoms with Gasteiger partial charge in [0.15, 0.2) is 5.76 Å². The Kier molecular flexibility index (Phi) is 3.77. The number of furan rings is 1. The third-order valence-electron chi connectivity index (χ3n) is 3.47. The molecule has 0 spiro atoms. The molecule has 3 rings (SSSR count). The Balaban J connectivity index is 1.92. The summed E-state index contributed by atoms with van der Waals surface area (Å²) in [5.74, 6) is 0.580. The number of hydrogen-bond acceptors (Lipinski definition) is 3. The molecule has 1 aromatic heterocycles. The van der Waals surface area contributed by atoms with Gasteiger partial charge in [0.1, 0.15) is 11.3 Å². The highest BCUT2D eigenvalue weighted by Gasteiger charge is 2.18. The Morgan fingerprint density at radius 3 is 2.68 bits per heavy atom. The van der Waals surface area contributed by atoms with Gasteiger partial charge in [0, 0.05) is 17.0 Å². The molecule has 4 nitrogen and oxygen atoms in total. The van der Waals surface area contributed by atoms with E-state index < -0.39 is 0 Å². The number of methoxy groups -OCH3 is 1. The molecule has 0 aliphatic rings. The van der Waals surface area contributed by atoms with Crippen LogP contribution in [0, 0.1) is 6.92 Å². The quantitative estimate of drug-likeness (QED) is 0.765. The summed E-state index contributed by atoms with van der Waals surface area (Å²) in [6.07, 6.45) is 0. The molecule has 0 atom stereocenters. The lowest BCUT2D eigenvalue weighted by molar-refractivity contribution is 0.0998. The van der Waals surface area contributed by atoms with Crippen LogP contribution in [0.3, 0.4) is 0 Å². The fourth-order valence-corrected chi connectivity index (χ4v) is 2.51. The summed E-state index contributed by atoms with van der Waals surface area (Å²) in [5, 5.41) is 4.09. The Morgan fingerprint density at radius 1 is 1.23 bits per heavy atom. The molecule has 1 amide bonds. The first-order chi connectivity index (χ1) is 10.6. The second kappa shape index (κ2) is 5.73. The zero-order chi connectivity index (χ0) is 15.7. The van der Waals surface area contributed by atoms with Gasteiger partial charge >= 0.3 is 0 Å². The average molecular weight is 316 g/mol. The summed E-state index contributed by atoms with van der Waals surface area (Å²) < 4.78 is 10.7. The van der Waals surface area contributed by atoms with Gasteiger partial charge in [-0.2, -0.15) is 0 Å². The summed E-state index contributed by atoms with van der Waals surface area (Å²) >= 11 is 6.13. The molecule has 0 fully saturated rings. The standard InChI is InChI=1S/C17H14ClNO3/c1-10-12-5-3-4-6-15(12)22-16(10)17(20)19-14-8-7-11(21-2)9-13(14)18/h3-9H,1-2H3,(H,19,20). The van der Waals surface area contributed by atoms with Crippen LogP contribution in [0.2, 0.25) is 5.02 Å². The van der Waals surface area contributed by atoms with Crippen molar-refractivity contribution < 1.29 is 13.9 Å². The number of amides is 1. The summed E-state index contributed by atoms with van der Waals surface area (Å²) in [6, 6.07) is 12.6.